The summed E-state index contributed by atoms with van der Waals surface area (Å²) in [6, 6.07) is 6.65. The highest BCUT2D eigenvalue weighted by atomic mass is 127. The Balaban J connectivity index is 0.00000280. The third kappa shape index (κ3) is 6.09. The van der Waals surface area contributed by atoms with E-state index in [9.17, 15) is 0 Å². The van der Waals surface area contributed by atoms with Crippen LogP contribution in [0.5, 0.6) is 0 Å². The molecule has 0 radical (unpaired) electrons. The number of guanidine groups is 1. The Morgan fingerprint density at radius 1 is 1.43 bits per heavy atom. The van der Waals surface area contributed by atoms with E-state index >= 15 is 0 Å². The van der Waals surface area contributed by atoms with E-state index in [2.05, 4.69) is 37.6 Å². The van der Waals surface area contributed by atoms with Crippen molar-refractivity contribution in [2.24, 2.45) is 12.0 Å². The molecule has 1 fully saturated rings. The Kier molecular flexibility index (Phi) is 9.55. The third-order valence-corrected chi connectivity index (χ3v) is 6.04. The molecule has 2 aromatic rings. The largest absolute Gasteiger partial charge is 0.379 e. The summed E-state index contributed by atoms with van der Waals surface area (Å²) in [5.41, 5.74) is 1.15. The van der Waals surface area contributed by atoms with Crippen LogP contribution in [0.4, 0.5) is 0 Å². The van der Waals surface area contributed by atoms with Crippen molar-refractivity contribution in [2.45, 2.75) is 12.6 Å². The second kappa shape index (κ2) is 11.4. The molecule has 0 aliphatic carbocycles. The van der Waals surface area contributed by atoms with Gasteiger partial charge < -0.3 is 19.5 Å². The zero-order chi connectivity index (χ0) is 19.2. The standard InChI is InChI=1S/C19H28ClN5OS.HI/c1-21-19(24(3)14-16-11-15(20)13-23(16)2)22-12-17(18-5-4-10-27-18)25-6-8-26-9-7-25;/h4-5,10-11,13,17H,6-9,12,14H2,1-3H3,(H,21,22);1H. The lowest BCUT2D eigenvalue weighted by atomic mass is 10.2. The van der Waals surface area contributed by atoms with Crippen LogP contribution in [0.1, 0.15) is 16.6 Å². The minimum atomic E-state index is 0. The number of rotatable bonds is 6. The lowest BCUT2D eigenvalue weighted by Gasteiger charge is -2.35. The minimum absolute atomic E-state index is 0. The summed E-state index contributed by atoms with van der Waals surface area (Å²) >= 11 is 7.91. The van der Waals surface area contributed by atoms with Gasteiger partial charge in [-0.3, -0.25) is 9.89 Å². The molecule has 3 heterocycles. The highest BCUT2D eigenvalue weighted by Crippen LogP contribution is 2.25. The smallest absolute Gasteiger partial charge is 0.193 e. The molecule has 28 heavy (non-hydrogen) atoms. The van der Waals surface area contributed by atoms with Crippen molar-refractivity contribution in [3.8, 4) is 0 Å². The summed E-state index contributed by atoms with van der Waals surface area (Å²) in [5, 5.41) is 6.46. The van der Waals surface area contributed by atoms with Crippen LogP contribution in [0.3, 0.4) is 0 Å². The first-order valence-electron chi connectivity index (χ1n) is 9.16. The summed E-state index contributed by atoms with van der Waals surface area (Å²) in [6.45, 7) is 5.06. The maximum Gasteiger partial charge on any atom is 0.193 e. The number of ether oxygens (including phenoxy) is 1. The molecular formula is C19H29ClIN5OS. The van der Waals surface area contributed by atoms with E-state index in [4.69, 9.17) is 16.3 Å². The molecule has 1 unspecified atom stereocenters. The van der Waals surface area contributed by atoms with Gasteiger partial charge in [0, 0.05) is 57.5 Å². The molecule has 0 saturated carbocycles. The summed E-state index contributed by atoms with van der Waals surface area (Å²) in [5.74, 6) is 0.877. The van der Waals surface area contributed by atoms with Crippen LogP contribution in [0.2, 0.25) is 5.02 Å². The Morgan fingerprint density at radius 2 is 2.18 bits per heavy atom. The molecule has 1 atom stereocenters. The van der Waals surface area contributed by atoms with Gasteiger partial charge in [-0.15, -0.1) is 35.3 Å². The Labute approximate surface area is 193 Å². The minimum Gasteiger partial charge on any atom is -0.379 e. The van der Waals surface area contributed by atoms with Gasteiger partial charge in [-0.1, -0.05) is 17.7 Å². The van der Waals surface area contributed by atoms with Gasteiger partial charge in [-0.2, -0.15) is 0 Å². The van der Waals surface area contributed by atoms with Crippen molar-refractivity contribution in [1.29, 1.82) is 0 Å². The maximum absolute atomic E-state index is 6.11. The van der Waals surface area contributed by atoms with Crippen molar-refractivity contribution in [3.63, 3.8) is 0 Å². The topological polar surface area (TPSA) is 45.0 Å². The highest BCUT2D eigenvalue weighted by molar-refractivity contribution is 14.0. The summed E-state index contributed by atoms with van der Waals surface area (Å²) < 4.78 is 7.58. The van der Waals surface area contributed by atoms with Gasteiger partial charge in [0.2, 0.25) is 0 Å². The van der Waals surface area contributed by atoms with Crippen molar-refractivity contribution in [3.05, 3.63) is 45.4 Å². The predicted molar refractivity (Wildman–Crippen MR) is 128 cm³/mol. The molecular weight excluding hydrogens is 509 g/mol. The second-order valence-electron chi connectivity index (χ2n) is 6.72. The number of aliphatic imine (C=N–C) groups is 1. The second-order valence-corrected chi connectivity index (χ2v) is 8.14. The van der Waals surface area contributed by atoms with Crippen LogP contribution in [0, 0.1) is 0 Å². The number of hydrogen-bond acceptors (Lipinski definition) is 4. The number of aryl methyl sites for hydroxylation is 1. The molecule has 1 N–H and O–H groups in total. The first kappa shape index (κ1) is 23.5. The van der Waals surface area contributed by atoms with E-state index in [1.807, 2.05) is 38.0 Å². The third-order valence-electron chi connectivity index (χ3n) is 4.86. The lowest BCUT2D eigenvalue weighted by molar-refractivity contribution is 0.0176. The van der Waals surface area contributed by atoms with Gasteiger partial charge in [0.05, 0.1) is 30.8 Å². The molecule has 1 aliphatic heterocycles. The number of hydrogen-bond donors (Lipinski definition) is 1. The highest BCUT2D eigenvalue weighted by Gasteiger charge is 2.24. The van der Waals surface area contributed by atoms with Crippen LogP contribution in [0.15, 0.2) is 34.8 Å². The molecule has 156 valence electrons. The molecule has 1 aliphatic rings. The first-order valence-corrected chi connectivity index (χ1v) is 10.4. The van der Waals surface area contributed by atoms with Crippen LogP contribution >= 0.6 is 46.9 Å². The molecule has 0 aromatic carbocycles. The zero-order valence-electron chi connectivity index (χ0n) is 16.6. The van der Waals surface area contributed by atoms with Gasteiger partial charge in [0.25, 0.3) is 0 Å². The normalized spacial score (nSPS) is 16.5. The van der Waals surface area contributed by atoms with Crippen LogP contribution in [-0.2, 0) is 18.3 Å². The fourth-order valence-electron chi connectivity index (χ4n) is 3.39. The van der Waals surface area contributed by atoms with Gasteiger partial charge in [0.1, 0.15) is 0 Å². The number of thiophene rings is 1. The van der Waals surface area contributed by atoms with Crippen molar-refractivity contribution < 1.29 is 4.74 Å². The molecule has 3 rings (SSSR count). The Hall–Kier alpha value is -0.810. The van der Waals surface area contributed by atoms with Crippen molar-refractivity contribution in [2.75, 3.05) is 46.9 Å². The maximum atomic E-state index is 6.11. The van der Waals surface area contributed by atoms with Gasteiger partial charge in [-0.05, 0) is 17.5 Å². The Morgan fingerprint density at radius 3 is 2.75 bits per heavy atom. The number of morpholine rings is 1. The quantitative estimate of drug-likeness (QED) is 0.348. The van der Waals surface area contributed by atoms with Crippen molar-refractivity contribution >= 4 is 52.9 Å². The molecule has 0 amide bonds. The number of nitrogens with zero attached hydrogens (tertiary/aromatic N) is 4. The molecule has 0 spiro atoms. The first-order chi connectivity index (χ1) is 13.1. The fraction of sp³-hybridized carbons (Fsp3) is 0.526. The van der Waals surface area contributed by atoms with E-state index in [1.165, 1.54) is 4.88 Å². The summed E-state index contributed by atoms with van der Waals surface area (Å²) in [4.78, 5) is 10.5. The van der Waals surface area contributed by atoms with Crippen LogP contribution in [-0.4, -0.2) is 67.3 Å². The van der Waals surface area contributed by atoms with Gasteiger partial charge in [-0.25, -0.2) is 0 Å². The monoisotopic (exact) mass is 537 g/mol. The van der Waals surface area contributed by atoms with E-state index in [1.54, 1.807) is 11.3 Å². The fourth-order valence-corrected chi connectivity index (χ4v) is 4.53. The van der Waals surface area contributed by atoms with E-state index in [-0.39, 0.29) is 24.0 Å². The summed E-state index contributed by atoms with van der Waals surface area (Å²) in [6.07, 6.45) is 1.92. The van der Waals surface area contributed by atoms with E-state index in [0.29, 0.717) is 6.04 Å². The number of halogens is 2. The van der Waals surface area contributed by atoms with Crippen molar-refractivity contribution in [1.82, 2.24) is 19.7 Å². The molecule has 6 nitrogen and oxygen atoms in total. The Bertz CT molecular complexity index is 746. The summed E-state index contributed by atoms with van der Waals surface area (Å²) in [7, 11) is 5.88. The predicted octanol–water partition coefficient (Wildman–Crippen LogP) is 3.44. The zero-order valence-corrected chi connectivity index (χ0v) is 20.5. The average molecular weight is 538 g/mol. The van der Waals surface area contributed by atoms with Crippen LogP contribution in [0.25, 0.3) is 0 Å². The van der Waals surface area contributed by atoms with Gasteiger partial charge in [0.15, 0.2) is 5.96 Å². The molecule has 0 bridgehead atoms. The molecule has 2 aromatic heterocycles. The lowest BCUT2D eigenvalue weighted by Crippen LogP contribution is -2.46. The molecule has 1 saturated heterocycles. The number of nitrogens with one attached hydrogen (secondary N) is 1. The average Bonchev–Trinajstić information content (AvgIpc) is 3.29. The van der Waals surface area contributed by atoms with Crippen LogP contribution < -0.4 is 5.32 Å². The van der Waals surface area contributed by atoms with E-state index < -0.39 is 0 Å². The SMILES string of the molecule is CN=C(NCC(c1cccs1)N1CCOCC1)N(C)Cc1cc(Cl)cn1C.I. The van der Waals surface area contributed by atoms with E-state index in [0.717, 1.165) is 56.1 Å². The molecule has 9 heteroatoms. The number of aromatic nitrogens is 1. The van der Waals surface area contributed by atoms with Gasteiger partial charge >= 0.3 is 0 Å².